The summed E-state index contributed by atoms with van der Waals surface area (Å²) in [5.41, 5.74) is 0. The van der Waals surface area contributed by atoms with Gasteiger partial charge in [-0.05, 0) is 25.8 Å². The SMILES string of the molecule is [B]OC(=O)C(CCCC)CCCNCCOC. The average Bonchev–Trinajstić information content (AvgIpc) is 2.36. The molecule has 1 atom stereocenters. The highest BCUT2D eigenvalue weighted by molar-refractivity contribution is 6.05. The van der Waals surface area contributed by atoms with Gasteiger partial charge in [0.2, 0.25) is 0 Å². The molecule has 0 bridgehead atoms. The molecule has 4 nitrogen and oxygen atoms in total. The fourth-order valence-corrected chi connectivity index (χ4v) is 1.70. The zero-order valence-corrected chi connectivity index (χ0v) is 11.0. The molecule has 1 unspecified atom stereocenters. The number of hydrogen-bond donors (Lipinski definition) is 1. The van der Waals surface area contributed by atoms with Gasteiger partial charge in [-0.3, -0.25) is 4.79 Å². The van der Waals surface area contributed by atoms with Gasteiger partial charge in [0.1, 0.15) is 0 Å². The maximum atomic E-state index is 11.4. The van der Waals surface area contributed by atoms with Crippen LogP contribution in [0.15, 0.2) is 0 Å². The van der Waals surface area contributed by atoms with Crippen molar-refractivity contribution in [2.75, 3.05) is 26.8 Å². The van der Waals surface area contributed by atoms with Crippen LogP contribution in [0, 0.1) is 5.92 Å². The molecule has 0 fully saturated rings. The Bertz CT molecular complexity index is 191. The molecular formula is C12H24BNO3. The first-order valence-electron chi connectivity index (χ1n) is 6.36. The first-order chi connectivity index (χ1) is 8.26. The van der Waals surface area contributed by atoms with Gasteiger partial charge >= 0.3 is 8.05 Å². The highest BCUT2D eigenvalue weighted by Crippen LogP contribution is 2.16. The van der Waals surface area contributed by atoms with Crippen molar-refractivity contribution in [3.05, 3.63) is 0 Å². The molecule has 0 saturated carbocycles. The van der Waals surface area contributed by atoms with Crippen LogP contribution < -0.4 is 5.32 Å². The van der Waals surface area contributed by atoms with Crippen molar-refractivity contribution in [1.82, 2.24) is 5.32 Å². The average molecular weight is 241 g/mol. The quantitative estimate of drug-likeness (QED) is 0.439. The molecule has 0 aliphatic carbocycles. The van der Waals surface area contributed by atoms with E-state index in [1.54, 1.807) is 7.11 Å². The van der Waals surface area contributed by atoms with Gasteiger partial charge in [-0.15, -0.1) is 0 Å². The second kappa shape index (κ2) is 11.9. The molecule has 0 spiro atoms. The van der Waals surface area contributed by atoms with Gasteiger partial charge in [-0.1, -0.05) is 19.8 Å². The Hall–Kier alpha value is -0.545. The van der Waals surface area contributed by atoms with E-state index in [1.165, 1.54) is 0 Å². The van der Waals surface area contributed by atoms with Crippen LogP contribution in [-0.4, -0.2) is 40.8 Å². The van der Waals surface area contributed by atoms with Gasteiger partial charge in [-0.25, -0.2) is 0 Å². The van der Waals surface area contributed by atoms with Crippen molar-refractivity contribution in [2.24, 2.45) is 5.92 Å². The molecule has 0 aliphatic rings. The van der Waals surface area contributed by atoms with E-state index in [0.29, 0.717) is 6.61 Å². The van der Waals surface area contributed by atoms with E-state index in [1.807, 2.05) is 0 Å². The maximum absolute atomic E-state index is 11.4. The second-order valence-electron chi connectivity index (χ2n) is 4.16. The molecule has 2 radical (unpaired) electrons. The number of carbonyl (C=O) groups is 1. The summed E-state index contributed by atoms with van der Waals surface area (Å²) in [5.74, 6) is -0.334. The molecule has 1 N–H and O–H groups in total. The summed E-state index contributed by atoms with van der Waals surface area (Å²) in [6, 6.07) is 0. The number of hydrogen-bond acceptors (Lipinski definition) is 4. The molecule has 17 heavy (non-hydrogen) atoms. The van der Waals surface area contributed by atoms with E-state index >= 15 is 0 Å². The number of nitrogens with one attached hydrogen (secondary N) is 1. The molecule has 0 aliphatic heterocycles. The highest BCUT2D eigenvalue weighted by atomic mass is 16.5. The summed E-state index contributed by atoms with van der Waals surface area (Å²) >= 11 is 0. The van der Waals surface area contributed by atoms with E-state index in [9.17, 15) is 4.79 Å². The third kappa shape index (κ3) is 9.18. The van der Waals surface area contributed by atoms with Gasteiger partial charge in [0.15, 0.2) is 0 Å². The fourth-order valence-electron chi connectivity index (χ4n) is 1.70. The Labute approximate surface area is 106 Å². The summed E-state index contributed by atoms with van der Waals surface area (Å²) in [7, 11) is 6.61. The van der Waals surface area contributed by atoms with E-state index in [0.717, 1.165) is 45.2 Å². The zero-order chi connectivity index (χ0) is 12.9. The van der Waals surface area contributed by atoms with Crippen LogP contribution in [0.5, 0.6) is 0 Å². The lowest BCUT2D eigenvalue weighted by molar-refractivity contribution is -0.139. The second-order valence-corrected chi connectivity index (χ2v) is 4.16. The molecule has 0 aromatic heterocycles. The molecule has 0 saturated heterocycles. The Kier molecular flexibility index (Phi) is 11.5. The Morgan fingerprint density at radius 2 is 2.00 bits per heavy atom. The van der Waals surface area contributed by atoms with Crippen molar-refractivity contribution in [2.45, 2.75) is 39.0 Å². The predicted molar refractivity (Wildman–Crippen MR) is 68.8 cm³/mol. The van der Waals surface area contributed by atoms with Gasteiger partial charge < -0.3 is 14.7 Å². The van der Waals surface area contributed by atoms with Crippen molar-refractivity contribution in [3.8, 4) is 0 Å². The predicted octanol–water partition coefficient (Wildman–Crippen LogP) is 1.44. The van der Waals surface area contributed by atoms with Gasteiger partial charge in [0.25, 0.3) is 5.97 Å². The molecule has 0 aromatic carbocycles. The summed E-state index contributed by atoms with van der Waals surface area (Å²) < 4.78 is 9.25. The van der Waals surface area contributed by atoms with Gasteiger partial charge in [-0.2, -0.15) is 0 Å². The van der Waals surface area contributed by atoms with Crippen LogP contribution in [0.2, 0.25) is 0 Å². The minimum atomic E-state index is -0.282. The fraction of sp³-hybridized carbons (Fsp3) is 0.917. The van der Waals surface area contributed by atoms with Crippen LogP contribution in [0.3, 0.4) is 0 Å². The number of carbonyl (C=O) groups excluding carboxylic acids is 1. The number of ether oxygens (including phenoxy) is 1. The number of rotatable bonds is 11. The Morgan fingerprint density at radius 1 is 1.29 bits per heavy atom. The van der Waals surface area contributed by atoms with Crippen LogP contribution in [0.1, 0.15) is 39.0 Å². The molecule has 98 valence electrons. The lowest BCUT2D eigenvalue weighted by atomic mass is 9.96. The summed E-state index contributed by atoms with van der Waals surface area (Å²) in [4.78, 5) is 11.4. The largest absolute Gasteiger partial charge is 0.543 e. The lowest BCUT2D eigenvalue weighted by Crippen LogP contribution is -2.22. The molecule has 0 amide bonds. The van der Waals surface area contributed by atoms with Crippen LogP contribution in [0.25, 0.3) is 0 Å². The molecule has 0 rings (SSSR count). The smallest absolute Gasteiger partial charge is 0.378 e. The summed E-state index contributed by atoms with van der Waals surface area (Å²) in [5, 5.41) is 3.25. The van der Waals surface area contributed by atoms with Crippen LogP contribution in [0.4, 0.5) is 0 Å². The van der Waals surface area contributed by atoms with Crippen molar-refractivity contribution in [1.29, 1.82) is 0 Å². The highest BCUT2D eigenvalue weighted by Gasteiger charge is 2.17. The minimum absolute atomic E-state index is 0.0517. The van der Waals surface area contributed by atoms with E-state index < -0.39 is 0 Å². The van der Waals surface area contributed by atoms with E-state index in [-0.39, 0.29) is 11.9 Å². The van der Waals surface area contributed by atoms with Gasteiger partial charge in [0.05, 0.1) is 12.5 Å². The third-order valence-electron chi connectivity index (χ3n) is 2.74. The van der Waals surface area contributed by atoms with E-state index in [4.69, 9.17) is 12.8 Å². The maximum Gasteiger partial charge on any atom is 0.378 e. The number of methoxy groups -OCH3 is 1. The first kappa shape index (κ1) is 16.5. The summed E-state index contributed by atoms with van der Waals surface area (Å²) in [6.45, 7) is 4.56. The zero-order valence-electron chi connectivity index (χ0n) is 11.0. The van der Waals surface area contributed by atoms with Crippen molar-refractivity contribution in [3.63, 3.8) is 0 Å². The van der Waals surface area contributed by atoms with E-state index in [2.05, 4.69) is 16.9 Å². The normalized spacial score (nSPS) is 12.4. The number of unbranched alkanes of at least 4 members (excludes halogenated alkanes) is 1. The molecular weight excluding hydrogens is 217 g/mol. The first-order valence-corrected chi connectivity index (χ1v) is 6.36. The Morgan fingerprint density at radius 3 is 2.59 bits per heavy atom. The lowest BCUT2D eigenvalue weighted by Gasteiger charge is -2.14. The molecule has 0 aromatic rings. The molecule has 0 heterocycles. The minimum Gasteiger partial charge on any atom is -0.543 e. The third-order valence-corrected chi connectivity index (χ3v) is 2.74. The summed E-state index contributed by atoms with van der Waals surface area (Å²) in [6.07, 6.45) is 4.77. The van der Waals surface area contributed by atoms with Crippen molar-refractivity contribution < 1.29 is 14.2 Å². The Balaban J connectivity index is 3.64. The van der Waals surface area contributed by atoms with Crippen LogP contribution in [-0.2, 0) is 14.2 Å². The van der Waals surface area contributed by atoms with Crippen LogP contribution >= 0.6 is 0 Å². The van der Waals surface area contributed by atoms with Gasteiger partial charge in [0, 0.05) is 13.7 Å². The monoisotopic (exact) mass is 241 g/mol. The molecule has 5 heteroatoms. The standard InChI is InChI=1S/C12H24BNO3/c1-3-4-6-11(12(15)17-13)7-5-8-14-9-10-16-2/h11,14H,3-10H2,1-2H3. The topological polar surface area (TPSA) is 47.6 Å². The van der Waals surface area contributed by atoms with Crippen molar-refractivity contribution >= 4 is 14.0 Å².